The Morgan fingerprint density at radius 3 is 2.00 bits per heavy atom. The van der Waals surface area contributed by atoms with Crippen molar-refractivity contribution >= 4 is 17.7 Å². The number of thioether (sulfide) groups is 1. The molecule has 2 aromatic rings. The van der Waals surface area contributed by atoms with Crippen LogP contribution >= 0.6 is 11.8 Å². The highest BCUT2D eigenvalue weighted by Crippen LogP contribution is 2.52. The van der Waals surface area contributed by atoms with Gasteiger partial charge in [-0.25, -0.2) is 0 Å². The van der Waals surface area contributed by atoms with E-state index >= 15 is 0 Å². The smallest absolute Gasteiger partial charge is 0.312 e. The van der Waals surface area contributed by atoms with E-state index in [1.54, 1.807) is 0 Å². The highest BCUT2D eigenvalue weighted by atomic mass is 32.2. The number of carbonyl (C=O) groups excluding carboxylic acids is 1. The SMILES string of the molecule is CSCCCC1(OC(=O)C(C)(C)C)c2ccccc2-c2ccccc21. The predicted molar refractivity (Wildman–Crippen MR) is 106 cm³/mol. The summed E-state index contributed by atoms with van der Waals surface area (Å²) >= 11 is 1.83. The monoisotopic (exact) mass is 354 g/mol. The fourth-order valence-corrected chi connectivity index (χ4v) is 3.93. The van der Waals surface area contributed by atoms with Crippen LogP contribution in [0.3, 0.4) is 0 Å². The molecule has 25 heavy (non-hydrogen) atoms. The topological polar surface area (TPSA) is 26.3 Å². The summed E-state index contributed by atoms with van der Waals surface area (Å²) in [5, 5.41) is 0. The minimum Gasteiger partial charge on any atom is -0.449 e. The van der Waals surface area contributed by atoms with Gasteiger partial charge in [-0.15, -0.1) is 0 Å². The number of fused-ring (bicyclic) bond motifs is 3. The molecule has 0 saturated heterocycles. The van der Waals surface area contributed by atoms with Crippen molar-refractivity contribution in [2.75, 3.05) is 12.0 Å². The van der Waals surface area contributed by atoms with Gasteiger partial charge in [-0.05, 0) is 56.7 Å². The standard InChI is InChI=1S/C22H26O2S/c1-21(2,3)20(23)24-22(14-9-15-25-4)18-12-7-5-10-16(18)17-11-6-8-13-19(17)22/h5-8,10-13H,9,14-15H2,1-4H3. The second kappa shape index (κ2) is 6.87. The second-order valence-electron chi connectivity index (χ2n) is 7.65. The summed E-state index contributed by atoms with van der Waals surface area (Å²) < 4.78 is 6.31. The Balaban J connectivity index is 2.14. The lowest BCUT2D eigenvalue weighted by atomic mass is 9.86. The van der Waals surface area contributed by atoms with Gasteiger partial charge in [0.1, 0.15) is 0 Å². The lowest BCUT2D eigenvalue weighted by molar-refractivity contribution is -0.167. The third kappa shape index (κ3) is 3.22. The number of ether oxygens (including phenoxy) is 1. The zero-order valence-corrected chi connectivity index (χ0v) is 16.3. The molecule has 0 unspecified atom stereocenters. The third-order valence-electron chi connectivity index (χ3n) is 4.77. The molecule has 0 atom stereocenters. The molecular weight excluding hydrogens is 328 g/mol. The molecule has 3 rings (SSSR count). The van der Waals surface area contributed by atoms with Crippen molar-refractivity contribution in [3.05, 3.63) is 59.7 Å². The largest absolute Gasteiger partial charge is 0.449 e. The summed E-state index contributed by atoms with van der Waals surface area (Å²) in [5.41, 5.74) is 3.41. The maximum absolute atomic E-state index is 12.9. The van der Waals surface area contributed by atoms with Crippen LogP contribution in [0.25, 0.3) is 11.1 Å². The Hall–Kier alpha value is -1.74. The summed E-state index contributed by atoms with van der Waals surface area (Å²) in [6.45, 7) is 5.74. The van der Waals surface area contributed by atoms with E-state index in [1.165, 1.54) is 11.1 Å². The van der Waals surface area contributed by atoms with Gasteiger partial charge in [0.05, 0.1) is 5.41 Å². The molecule has 0 heterocycles. The first-order chi connectivity index (χ1) is 11.9. The number of carbonyl (C=O) groups is 1. The molecule has 0 saturated carbocycles. The molecule has 2 nitrogen and oxygen atoms in total. The highest BCUT2D eigenvalue weighted by Gasteiger charge is 2.47. The summed E-state index contributed by atoms with van der Waals surface area (Å²) in [6, 6.07) is 16.7. The van der Waals surface area contributed by atoms with Crippen molar-refractivity contribution in [1.82, 2.24) is 0 Å². The molecule has 3 heteroatoms. The first-order valence-electron chi connectivity index (χ1n) is 8.82. The number of hydrogen-bond donors (Lipinski definition) is 0. The van der Waals surface area contributed by atoms with Crippen molar-refractivity contribution < 1.29 is 9.53 Å². The number of hydrogen-bond acceptors (Lipinski definition) is 3. The number of benzene rings is 2. The minimum atomic E-state index is -0.673. The van der Waals surface area contributed by atoms with E-state index in [4.69, 9.17) is 4.74 Å². The van der Waals surface area contributed by atoms with Gasteiger partial charge in [-0.3, -0.25) is 4.79 Å². The van der Waals surface area contributed by atoms with E-state index in [0.29, 0.717) is 0 Å². The van der Waals surface area contributed by atoms with Gasteiger partial charge >= 0.3 is 5.97 Å². The third-order valence-corrected chi connectivity index (χ3v) is 5.47. The summed E-state index contributed by atoms with van der Waals surface area (Å²) in [4.78, 5) is 12.9. The Labute approximate surface area is 155 Å². The van der Waals surface area contributed by atoms with E-state index < -0.39 is 11.0 Å². The zero-order valence-electron chi connectivity index (χ0n) is 15.5. The molecule has 2 aromatic carbocycles. The fraction of sp³-hybridized carbons (Fsp3) is 0.409. The van der Waals surface area contributed by atoms with Crippen LogP contribution in [0.5, 0.6) is 0 Å². The molecule has 0 amide bonds. The lowest BCUT2D eigenvalue weighted by Crippen LogP contribution is -2.36. The Morgan fingerprint density at radius 1 is 1.00 bits per heavy atom. The van der Waals surface area contributed by atoms with Crippen LogP contribution in [-0.2, 0) is 15.1 Å². The molecule has 0 aliphatic heterocycles. The number of rotatable bonds is 5. The van der Waals surface area contributed by atoms with Crippen LogP contribution in [0, 0.1) is 5.41 Å². The molecule has 0 N–H and O–H groups in total. The van der Waals surface area contributed by atoms with Crippen LogP contribution in [0.4, 0.5) is 0 Å². The first kappa shape index (κ1) is 18.1. The number of esters is 1. The van der Waals surface area contributed by atoms with Gasteiger partial charge in [-0.1, -0.05) is 48.5 Å². The Morgan fingerprint density at radius 2 is 1.52 bits per heavy atom. The fourth-order valence-electron chi connectivity index (χ4n) is 3.49. The molecule has 0 bridgehead atoms. The van der Waals surface area contributed by atoms with E-state index in [2.05, 4.69) is 42.7 Å². The average Bonchev–Trinajstić information content (AvgIpc) is 2.86. The van der Waals surface area contributed by atoms with Gasteiger partial charge < -0.3 is 4.74 Å². The maximum Gasteiger partial charge on any atom is 0.312 e. The van der Waals surface area contributed by atoms with Crippen LogP contribution in [0.1, 0.15) is 44.7 Å². The molecule has 0 fully saturated rings. The minimum absolute atomic E-state index is 0.150. The summed E-state index contributed by atoms with van der Waals surface area (Å²) in [7, 11) is 0. The Kier molecular flexibility index (Phi) is 4.97. The first-order valence-corrected chi connectivity index (χ1v) is 10.2. The van der Waals surface area contributed by atoms with Crippen molar-refractivity contribution in [2.24, 2.45) is 5.41 Å². The van der Waals surface area contributed by atoms with Crippen molar-refractivity contribution in [3.8, 4) is 11.1 Å². The van der Waals surface area contributed by atoms with Crippen molar-refractivity contribution in [2.45, 2.75) is 39.2 Å². The summed E-state index contributed by atoms with van der Waals surface area (Å²) in [6.07, 6.45) is 3.93. The molecule has 1 aliphatic carbocycles. The molecular formula is C22H26O2S. The van der Waals surface area contributed by atoms with Crippen LogP contribution < -0.4 is 0 Å². The maximum atomic E-state index is 12.9. The predicted octanol–water partition coefficient (Wildman–Crippen LogP) is 5.64. The van der Waals surface area contributed by atoms with Crippen LogP contribution in [0.15, 0.2) is 48.5 Å². The van der Waals surface area contributed by atoms with E-state index in [1.807, 2.05) is 44.7 Å². The zero-order chi connectivity index (χ0) is 18.1. The Bertz CT molecular complexity index is 728. The van der Waals surface area contributed by atoms with Gasteiger partial charge in [0.25, 0.3) is 0 Å². The van der Waals surface area contributed by atoms with Gasteiger partial charge in [0.15, 0.2) is 5.60 Å². The summed E-state index contributed by atoms with van der Waals surface area (Å²) in [5.74, 6) is 0.905. The molecule has 0 aromatic heterocycles. The van der Waals surface area contributed by atoms with E-state index in [-0.39, 0.29) is 5.97 Å². The van der Waals surface area contributed by atoms with Gasteiger partial charge in [0, 0.05) is 11.1 Å². The van der Waals surface area contributed by atoms with Crippen molar-refractivity contribution in [1.29, 1.82) is 0 Å². The molecule has 0 radical (unpaired) electrons. The second-order valence-corrected chi connectivity index (χ2v) is 8.64. The van der Waals surface area contributed by atoms with E-state index in [0.717, 1.165) is 29.7 Å². The highest BCUT2D eigenvalue weighted by molar-refractivity contribution is 7.98. The quantitative estimate of drug-likeness (QED) is 0.513. The molecule has 1 aliphatic rings. The normalized spacial score (nSPS) is 14.7. The lowest BCUT2D eigenvalue weighted by Gasteiger charge is -2.34. The average molecular weight is 355 g/mol. The van der Waals surface area contributed by atoms with Gasteiger partial charge in [0.2, 0.25) is 0 Å². The molecule has 0 spiro atoms. The van der Waals surface area contributed by atoms with E-state index in [9.17, 15) is 4.79 Å². The van der Waals surface area contributed by atoms with Crippen molar-refractivity contribution in [3.63, 3.8) is 0 Å². The van der Waals surface area contributed by atoms with Crippen LogP contribution in [0.2, 0.25) is 0 Å². The van der Waals surface area contributed by atoms with Crippen LogP contribution in [-0.4, -0.2) is 18.0 Å². The van der Waals surface area contributed by atoms with Gasteiger partial charge in [-0.2, -0.15) is 11.8 Å². The molecule has 132 valence electrons.